The molecule has 0 atom stereocenters. The Morgan fingerprint density at radius 3 is 2.73 bits per heavy atom. The minimum atomic E-state index is 0.0700. The van der Waals surface area contributed by atoms with Crippen molar-refractivity contribution in [2.45, 2.75) is 13.5 Å². The Balaban J connectivity index is 1.56. The van der Waals surface area contributed by atoms with Gasteiger partial charge in [-0.3, -0.25) is 9.69 Å². The van der Waals surface area contributed by atoms with E-state index in [4.69, 9.17) is 5.73 Å². The number of hydrogen-bond donors (Lipinski definition) is 1. The van der Waals surface area contributed by atoms with Crippen LogP contribution in [-0.2, 0) is 6.54 Å². The average molecular weight is 316 g/mol. The summed E-state index contributed by atoms with van der Waals surface area (Å²) in [5.41, 5.74) is 7.05. The fourth-order valence-electron chi connectivity index (χ4n) is 2.66. The number of benzene rings is 1. The van der Waals surface area contributed by atoms with Crippen LogP contribution < -0.4 is 5.73 Å². The minimum absolute atomic E-state index is 0.0700. The molecular weight excluding hydrogens is 296 g/mol. The highest BCUT2D eigenvalue weighted by atomic mass is 32.1. The molecule has 1 amide bonds. The van der Waals surface area contributed by atoms with Crippen LogP contribution >= 0.6 is 11.3 Å². The van der Waals surface area contributed by atoms with Crippen LogP contribution in [0.2, 0.25) is 0 Å². The number of aryl methyl sites for hydroxylation is 1. The van der Waals surface area contributed by atoms with E-state index in [0.29, 0.717) is 11.3 Å². The number of rotatable bonds is 3. The predicted molar refractivity (Wildman–Crippen MR) is 88.9 cm³/mol. The van der Waals surface area contributed by atoms with Crippen LogP contribution in [0.1, 0.15) is 20.2 Å². The first-order valence-corrected chi connectivity index (χ1v) is 8.22. The van der Waals surface area contributed by atoms with Crippen molar-refractivity contribution < 1.29 is 4.79 Å². The molecule has 2 N–H and O–H groups in total. The standard InChI is InChI=1S/C16H20N4OS/c1-12-18-10-15(22-12)11-19-5-7-20(8-6-19)16(21)13-3-2-4-14(17)9-13/h2-4,9-10H,5-8,11,17H2,1H3. The normalized spacial score (nSPS) is 16.0. The molecule has 0 aliphatic carbocycles. The van der Waals surface area contributed by atoms with E-state index in [0.717, 1.165) is 37.7 Å². The van der Waals surface area contributed by atoms with Crippen molar-refractivity contribution in [3.8, 4) is 0 Å². The highest BCUT2D eigenvalue weighted by molar-refractivity contribution is 7.11. The number of nitrogens with two attached hydrogens (primary N) is 1. The molecule has 0 bridgehead atoms. The van der Waals surface area contributed by atoms with E-state index < -0.39 is 0 Å². The molecular formula is C16H20N4OS. The average Bonchev–Trinajstić information content (AvgIpc) is 2.92. The van der Waals surface area contributed by atoms with Gasteiger partial charge in [-0.1, -0.05) is 6.07 Å². The third-order valence-electron chi connectivity index (χ3n) is 3.84. The van der Waals surface area contributed by atoms with Crippen LogP contribution in [0.3, 0.4) is 0 Å². The van der Waals surface area contributed by atoms with Crippen LogP contribution in [0.15, 0.2) is 30.5 Å². The summed E-state index contributed by atoms with van der Waals surface area (Å²) in [5.74, 6) is 0.0700. The minimum Gasteiger partial charge on any atom is -0.399 e. The number of hydrogen-bond acceptors (Lipinski definition) is 5. The molecule has 2 heterocycles. The number of thiazole rings is 1. The summed E-state index contributed by atoms with van der Waals surface area (Å²) in [6.07, 6.45) is 1.95. The molecule has 1 aromatic heterocycles. The number of nitrogens with zero attached hydrogens (tertiary/aromatic N) is 3. The van der Waals surface area contributed by atoms with Gasteiger partial charge in [0, 0.05) is 55.0 Å². The second-order valence-corrected chi connectivity index (χ2v) is 6.86. The first-order valence-electron chi connectivity index (χ1n) is 7.40. The van der Waals surface area contributed by atoms with Gasteiger partial charge in [-0.2, -0.15) is 0 Å². The third-order valence-corrected chi connectivity index (χ3v) is 4.74. The lowest BCUT2D eigenvalue weighted by atomic mass is 10.1. The van der Waals surface area contributed by atoms with Crippen molar-refractivity contribution in [2.24, 2.45) is 0 Å². The van der Waals surface area contributed by atoms with E-state index in [1.165, 1.54) is 4.88 Å². The smallest absolute Gasteiger partial charge is 0.254 e. The lowest BCUT2D eigenvalue weighted by Crippen LogP contribution is -2.48. The van der Waals surface area contributed by atoms with Crippen LogP contribution in [0.4, 0.5) is 5.69 Å². The fourth-order valence-corrected chi connectivity index (χ4v) is 3.50. The van der Waals surface area contributed by atoms with Gasteiger partial charge in [0.05, 0.1) is 5.01 Å². The number of aromatic nitrogens is 1. The zero-order valence-electron chi connectivity index (χ0n) is 12.7. The highest BCUT2D eigenvalue weighted by Crippen LogP contribution is 2.16. The monoisotopic (exact) mass is 316 g/mol. The Kier molecular flexibility index (Phi) is 4.40. The lowest BCUT2D eigenvalue weighted by Gasteiger charge is -2.34. The van der Waals surface area contributed by atoms with Crippen molar-refractivity contribution >= 4 is 22.9 Å². The van der Waals surface area contributed by atoms with Crippen molar-refractivity contribution in [3.05, 3.63) is 45.9 Å². The van der Waals surface area contributed by atoms with Gasteiger partial charge in [-0.05, 0) is 25.1 Å². The molecule has 1 fully saturated rings. The number of nitrogen functional groups attached to an aromatic ring is 1. The quantitative estimate of drug-likeness (QED) is 0.880. The SMILES string of the molecule is Cc1ncc(CN2CCN(C(=O)c3cccc(N)c3)CC2)s1. The van der Waals surface area contributed by atoms with Crippen LogP contribution in [0.25, 0.3) is 0 Å². The Hall–Kier alpha value is -1.92. The van der Waals surface area contributed by atoms with Crippen molar-refractivity contribution in [1.29, 1.82) is 0 Å². The topological polar surface area (TPSA) is 62.5 Å². The maximum atomic E-state index is 12.5. The van der Waals surface area contributed by atoms with Crippen LogP contribution in [0.5, 0.6) is 0 Å². The molecule has 0 spiro atoms. The zero-order valence-corrected chi connectivity index (χ0v) is 13.5. The van der Waals surface area contributed by atoms with Gasteiger partial charge in [-0.15, -0.1) is 11.3 Å². The highest BCUT2D eigenvalue weighted by Gasteiger charge is 2.22. The van der Waals surface area contributed by atoms with Crippen LogP contribution in [0, 0.1) is 6.92 Å². The summed E-state index contributed by atoms with van der Waals surface area (Å²) < 4.78 is 0. The van der Waals surface area contributed by atoms with Gasteiger partial charge in [0.2, 0.25) is 0 Å². The molecule has 3 rings (SSSR count). The number of carbonyl (C=O) groups excluding carboxylic acids is 1. The van der Waals surface area contributed by atoms with Crippen molar-refractivity contribution in [1.82, 2.24) is 14.8 Å². The molecule has 116 valence electrons. The summed E-state index contributed by atoms with van der Waals surface area (Å²) in [5, 5.41) is 1.10. The van der Waals surface area contributed by atoms with E-state index in [-0.39, 0.29) is 5.91 Å². The molecule has 0 radical (unpaired) electrons. The number of piperazine rings is 1. The molecule has 5 nitrogen and oxygen atoms in total. The first kappa shape index (κ1) is 15.0. The second-order valence-electron chi connectivity index (χ2n) is 5.54. The molecule has 2 aromatic rings. The molecule has 1 aliphatic heterocycles. The summed E-state index contributed by atoms with van der Waals surface area (Å²) in [4.78, 5) is 22.3. The fraction of sp³-hybridized carbons (Fsp3) is 0.375. The largest absolute Gasteiger partial charge is 0.399 e. The van der Waals surface area contributed by atoms with E-state index in [9.17, 15) is 4.79 Å². The molecule has 6 heteroatoms. The summed E-state index contributed by atoms with van der Waals surface area (Å²) in [6.45, 7) is 6.25. The molecule has 1 saturated heterocycles. The van der Waals surface area contributed by atoms with E-state index in [1.807, 2.05) is 30.2 Å². The van der Waals surface area contributed by atoms with Gasteiger partial charge in [0.1, 0.15) is 0 Å². The molecule has 22 heavy (non-hydrogen) atoms. The number of carbonyl (C=O) groups is 1. The van der Waals surface area contributed by atoms with Gasteiger partial charge in [0.25, 0.3) is 5.91 Å². The maximum absolute atomic E-state index is 12.5. The Labute approximate surface area is 134 Å². The summed E-state index contributed by atoms with van der Waals surface area (Å²) in [6, 6.07) is 7.19. The first-order chi connectivity index (χ1) is 10.6. The molecule has 1 aromatic carbocycles. The van der Waals surface area contributed by atoms with E-state index in [2.05, 4.69) is 9.88 Å². The zero-order chi connectivity index (χ0) is 15.5. The van der Waals surface area contributed by atoms with Crippen molar-refractivity contribution in [2.75, 3.05) is 31.9 Å². The van der Waals surface area contributed by atoms with Crippen LogP contribution in [-0.4, -0.2) is 46.9 Å². The predicted octanol–water partition coefficient (Wildman–Crippen LogP) is 1.99. The second kappa shape index (κ2) is 6.46. The summed E-state index contributed by atoms with van der Waals surface area (Å²) in [7, 11) is 0. The Bertz CT molecular complexity index is 662. The Morgan fingerprint density at radius 2 is 2.09 bits per heavy atom. The van der Waals surface area contributed by atoms with Gasteiger partial charge >= 0.3 is 0 Å². The third kappa shape index (κ3) is 3.45. The lowest BCUT2D eigenvalue weighted by molar-refractivity contribution is 0.0629. The Morgan fingerprint density at radius 1 is 1.32 bits per heavy atom. The summed E-state index contributed by atoms with van der Waals surface area (Å²) >= 11 is 1.74. The maximum Gasteiger partial charge on any atom is 0.254 e. The van der Waals surface area contributed by atoms with Gasteiger partial charge in [0.15, 0.2) is 0 Å². The molecule has 0 unspecified atom stereocenters. The van der Waals surface area contributed by atoms with Crippen molar-refractivity contribution in [3.63, 3.8) is 0 Å². The number of anilines is 1. The van der Waals surface area contributed by atoms with E-state index in [1.54, 1.807) is 23.5 Å². The van der Waals surface area contributed by atoms with Gasteiger partial charge in [-0.25, -0.2) is 4.98 Å². The molecule has 0 saturated carbocycles. The molecule has 1 aliphatic rings. The van der Waals surface area contributed by atoms with Gasteiger partial charge < -0.3 is 10.6 Å². The van der Waals surface area contributed by atoms with E-state index >= 15 is 0 Å². The number of amides is 1.